The zero-order valence-electron chi connectivity index (χ0n) is 34.8. The number of rotatable bonds is 19. The van der Waals surface area contributed by atoms with E-state index in [1.807, 2.05) is 152 Å². The molecule has 7 aromatic rings. The zero-order chi connectivity index (χ0) is 43.2. The van der Waals surface area contributed by atoms with Crippen molar-refractivity contribution in [3.63, 3.8) is 0 Å². The van der Waals surface area contributed by atoms with Crippen molar-refractivity contribution in [1.29, 1.82) is 0 Å². The Morgan fingerprint density at radius 2 is 1.02 bits per heavy atom. The van der Waals surface area contributed by atoms with E-state index in [4.69, 9.17) is 42.3 Å². The molecule has 11 nitrogen and oxygen atoms in total. The minimum atomic E-state index is -1.07. The van der Waals surface area contributed by atoms with Crippen LogP contribution in [0.15, 0.2) is 179 Å². The molecule has 322 valence electrons. The van der Waals surface area contributed by atoms with Gasteiger partial charge in [0.15, 0.2) is 5.75 Å². The highest BCUT2D eigenvalue weighted by atomic mass is 16.7. The number of benzene rings is 6. The van der Waals surface area contributed by atoms with Crippen LogP contribution < -0.4 is 19.8 Å². The maximum Gasteiger partial charge on any atom is 0.383 e. The summed E-state index contributed by atoms with van der Waals surface area (Å²) in [6.45, 7) is 2.54. The lowest BCUT2D eigenvalue weighted by Crippen LogP contribution is -2.62. The number of fused-ring (bicyclic) bond motifs is 1. The zero-order valence-corrected chi connectivity index (χ0v) is 34.8. The normalized spacial score (nSPS) is 18.5. The maximum atomic E-state index is 13.4. The summed E-state index contributed by atoms with van der Waals surface area (Å²) in [6.07, 6.45) is -4.02. The number of esters is 1. The van der Waals surface area contributed by atoms with Crippen molar-refractivity contribution in [3.05, 3.63) is 208 Å². The summed E-state index contributed by atoms with van der Waals surface area (Å²) in [7, 11) is 0. The third-order valence-electron chi connectivity index (χ3n) is 10.4. The van der Waals surface area contributed by atoms with Crippen molar-refractivity contribution in [2.45, 2.75) is 70.7 Å². The van der Waals surface area contributed by atoms with E-state index in [1.165, 1.54) is 6.92 Å². The number of hydrogen-bond acceptors (Lipinski definition) is 11. The summed E-state index contributed by atoms with van der Waals surface area (Å²) >= 11 is 0. The Kier molecular flexibility index (Phi) is 14.7. The molecule has 1 aliphatic rings. The van der Waals surface area contributed by atoms with Gasteiger partial charge < -0.3 is 42.3 Å². The van der Waals surface area contributed by atoms with Gasteiger partial charge in [0.05, 0.1) is 38.4 Å². The summed E-state index contributed by atoms with van der Waals surface area (Å²) < 4.78 is 57.6. The molecule has 11 heteroatoms. The van der Waals surface area contributed by atoms with Gasteiger partial charge in [-0.15, -0.1) is 0 Å². The van der Waals surface area contributed by atoms with E-state index in [-0.39, 0.29) is 50.1 Å². The van der Waals surface area contributed by atoms with Crippen LogP contribution in [0.4, 0.5) is 0 Å². The molecule has 5 atom stereocenters. The van der Waals surface area contributed by atoms with Gasteiger partial charge in [0.25, 0.3) is 5.75 Å². The fourth-order valence-electron chi connectivity index (χ4n) is 7.29. The first-order valence-corrected chi connectivity index (χ1v) is 20.8. The first-order chi connectivity index (χ1) is 31.0. The Balaban J connectivity index is 1.15. The van der Waals surface area contributed by atoms with E-state index in [1.54, 1.807) is 18.2 Å². The number of carbonyl (C=O) groups excluding carboxylic acids is 1. The summed E-state index contributed by atoms with van der Waals surface area (Å²) in [5, 5.41) is 0.390. The predicted molar refractivity (Wildman–Crippen MR) is 235 cm³/mol. The van der Waals surface area contributed by atoms with E-state index in [2.05, 4.69) is 0 Å². The Bertz CT molecular complexity index is 2550. The highest BCUT2D eigenvalue weighted by Gasteiger charge is 2.50. The average molecular weight is 849 g/mol. The molecule has 0 saturated carbocycles. The lowest BCUT2D eigenvalue weighted by molar-refractivity contribution is -0.310. The van der Waals surface area contributed by atoms with Crippen LogP contribution in [0.25, 0.3) is 11.0 Å². The van der Waals surface area contributed by atoms with Crippen LogP contribution in [-0.2, 0) is 61.5 Å². The molecule has 1 saturated heterocycles. The van der Waals surface area contributed by atoms with Gasteiger partial charge in [0.2, 0.25) is 6.29 Å². The SMILES string of the molecule is CC(=O)Oc1c(OCc2ccccc2)c2ccc(O[C@@H]3O[C@H](COCc4ccccc4)[C@@H](OCc4ccccc4)[C@H](OCc4ccccc4)[C@H]3OCc3ccccc3)cc2oc1=O. The Labute approximate surface area is 365 Å². The predicted octanol–water partition coefficient (Wildman–Crippen LogP) is 9.37. The summed E-state index contributed by atoms with van der Waals surface area (Å²) in [5.41, 5.74) is 3.98. The molecule has 8 rings (SSSR count). The smallest absolute Gasteiger partial charge is 0.383 e. The molecule has 1 aromatic heterocycles. The minimum Gasteiger partial charge on any atom is -0.484 e. The lowest BCUT2D eigenvalue weighted by Gasteiger charge is -2.45. The molecule has 0 aliphatic carbocycles. The van der Waals surface area contributed by atoms with Crippen LogP contribution in [0.1, 0.15) is 34.7 Å². The quantitative estimate of drug-likeness (QED) is 0.0572. The van der Waals surface area contributed by atoms with E-state index in [9.17, 15) is 9.59 Å². The Morgan fingerprint density at radius 3 is 1.54 bits per heavy atom. The number of carbonyl (C=O) groups is 1. The molecule has 0 N–H and O–H groups in total. The van der Waals surface area contributed by atoms with E-state index in [0.29, 0.717) is 17.7 Å². The second-order valence-electron chi connectivity index (χ2n) is 15.0. The molecular formula is C52H48O11. The van der Waals surface area contributed by atoms with Gasteiger partial charge in [-0.25, -0.2) is 4.79 Å². The van der Waals surface area contributed by atoms with Crippen molar-refractivity contribution in [2.24, 2.45) is 0 Å². The van der Waals surface area contributed by atoms with Crippen molar-refractivity contribution in [2.75, 3.05) is 6.61 Å². The molecule has 2 heterocycles. The topological polar surface area (TPSA) is 121 Å². The van der Waals surface area contributed by atoms with Crippen LogP contribution in [-0.4, -0.2) is 43.3 Å². The van der Waals surface area contributed by atoms with E-state index >= 15 is 0 Å². The Hall–Kier alpha value is -6.60. The van der Waals surface area contributed by atoms with Gasteiger partial charge in [0.1, 0.15) is 42.4 Å². The monoisotopic (exact) mass is 848 g/mol. The molecule has 63 heavy (non-hydrogen) atoms. The number of hydrogen-bond donors (Lipinski definition) is 0. The summed E-state index contributed by atoms with van der Waals surface area (Å²) in [4.78, 5) is 25.5. The van der Waals surface area contributed by atoms with Crippen LogP contribution in [0.2, 0.25) is 0 Å². The van der Waals surface area contributed by atoms with Gasteiger partial charge >= 0.3 is 11.6 Å². The van der Waals surface area contributed by atoms with Gasteiger partial charge in [-0.3, -0.25) is 4.79 Å². The van der Waals surface area contributed by atoms with Gasteiger partial charge in [-0.1, -0.05) is 152 Å². The van der Waals surface area contributed by atoms with Crippen molar-refractivity contribution in [3.8, 4) is 17.2 Å². The molecule has 6 aromatic carbocycles. The summed E-state index contributed by atoms with van der Waals surface area (Å²) in [6, 6.07) is 53.9. The first kappa shape index (κ1) is 43.1. The largest absolute Gasteiger partial charge is 0.484 e. The van der Waals surface area contributed by atoms with E-state index in [0.717, 1.165) is 27.8 Å². The standard InChI is InChI=1S/C52H48O11/c1-36(53)60-49-46(56-31-38-19-9-3-10-20-38)43-28-27-42(29-44(43)62-51(49)54)61-52-50(59-34-41-25-15-6-16-26-41)48(58-33-40-23-13-5-14-24-40)47(57-32-39-21-11-4-12-22-39)45(63-52)35-55-30-37-17-7-2-8-18-37/h2-29,45,47-48,50,52H,30-35H2,1H3/t45-,47-,48+,50-,52-/m1/s1. The Morgan fingerprint density at radius 1 is 0.540 bits per heavy atom. The fourth-order valence-corrected chi connectivity index (χ4v) is 7.29. The minimum absolute atomic E-state index is 0.0632. The van der Waals surface area contributed by atoms with Crippen molar-refractivity contribution >= 4 is 16.9 Å². The maximum absolute atomic E-state index is 13.4. The van der Waals surface area contributed by atoms with E-state index < -0.39 is 42.3 Å². The fraction of sp³-hybridized carbons (Fsp3) is 0.231. The highest BCUT2D eigenvalue weighted by molar-refractivity contribution is 5.87. The van der Waals surface area contributed by atoms with Crippen molar-refractivity contribution in [1.82, 2.24) is 0 Å². The lowest BCUT2D eigenvalue weighted by atomic mass is 9.97. The molecule has 1 aliphatic heterocycles. The number of ether oxygens (including phenoxy) is 8. The molecular weight excluding hydrogens is 801 g/mol. The van der Waals surface area contributed by atoms with Gasteiger partial charge in [-0.2, -0.15) is 0 Å². The second kappa shape index (κ2) is 21.5. The second-order valence-corrected chi connectivity index (χ2v) is 15.0. The molecule has 0 amide bonds. The van der Waals surface area contributed by atoms with Crippen LogP contribution >= 0.6 is 0 Å². The van der Waals surface area contributed by atoms with Crippen molar-refractivity contribution < 1.29 is 47.1 Å². The third kappa shape index (κ3) is 11.7. The molecule has 0 radical (unpaired) electrons. The first-order valence-electron chi connectivity index (χ1n) is 20.8. The van der Waals surface area contributed by atoms with Gasteiger partial charge in [-0.05, 0) is 39.9 Å². The van der Waals surface area contributed by atoms with Crippen LogP contribution in [0.3, 0.4) is 0 Å². The molecule has 0 unspecified atom stereocenters. The third-order valence-corrected chi connectivity index (χ3v) is 10.4. The van der Waals surface area contributed by atoms with Crippen LogP contribution in [0, 0.1) is 0 Å². The molecule has 0 bridgehead atoms. The molecule has 1 fully saturated rings. The average Bonchev–Trinajstić information content (AvgIpc) is 3.31. The summed E-state index contributed by atoms with van der Waals surface area (Å²) in [5.74, 6) is -0.677. The van der Waals surface area contributed by atoms with Crippen LogP contribution in [0.5, 0.6) is 17.2 Å². The van der Waals surface area contributed by atoms with Gasteiger partial charge in [0, 0.05) is 13.0 Å². The molecule has 0 spiro atoms. The highest BCUT2D eigenvalue weighted by Crippen LogP contribution is 2.37.